The van der Waals surface area contributed by atoms with E-state index < -0.39 is 5.97 Å². The Morgan fingerprint density at radius 1 is 1.10 bits per heavy atom. The molecule has 1 aromatic heterocycles. The zero-order valence-corrected chi connectivity index (χ0v) is 16.2. The topological polar surface area (TPSA) is 95.5 Å². The maximum atomic E-state index is 10.5. The molecule has 0 aliphatic rings. The highest BCUT2D eigenvalue weighted by Crippen LogP contribution is 2.22. The van der Waals surface area contributed by atoms with Gasteiger partial charge in [0.25, 0.3) is 0 Å². The summed E-state index contributed by atoms with van der Waals surface area (Å²) < 4.78 is 10.9. The monoisotopic (exact) mass is 392 g/mol. The molecular weight excluding hydrogens is 368 g/mol. The van der Waals surface area contributed by atoms with Gasteiger partial charge in [-0.2, -0.15) is 0 Å². The number of hydrogen-bond acceptors (Lipinski definition) is 5. The summed E-state index contributed by atoms with van der Waals surface area (Å²) in [5, 5.41) is 20.0. The number of benzene rings is 2. The highest BCUT2D eigenvalue weighted by Gasteiger charge is 2.11. The largest absolute Gasteiger partial charge is 0.481 e. The van der Waals surface area contributed by atoms with Crippen molar-refractivity contribution in [2.75, 3.05) is 6.54 Å². The van der Waals surface area contributed by atoms with Crippen molar-refractivity contribution in [1.29, 1.82) is 5.41 Å². The molecule has 0 bridgehead atoms. The van der Waals surface area contributed by atoms with Gasteiger partial charge in [-0.1, -0.05) is 36.4 Å². The summed E-state index contributed by atoms with van der Waals surface area (Å²) in [6.07, 6.45) is 3.16. The van der Waals surface area contributed by atoms with Gasteiger partial charge in [-0.3, -0.25) is 10.2 Å². The lowest BCUT2D eigenvalue weighted by Crippen LogP contribution is -2.17. The molecule has 0 spiro atoms. The van der Waals surface area contributed by atoms with Crippen molar-refractivity contribution in [3.8, 4) is 11.1 Å². The summed E-state index contributed by atoms with van der Waals surface area (Å²) in [4.78, 5) is 10.5. The van der Waals surface area contributed by atoms with Crippen LogP contribution in [0.5, 0.6) is 0 Å². The van der Waals surface area contributed by atoms with Gasteiger partial charge in [-0.05, 0) is 41.8 Å². The van der Waals surface area contributed by atoms with E-state index in [2.05, 4.69) is 5.32 Å². The van der Waals surface area contributed by atoms with Crippen LogP contribution < -0.4 is 5.32 Å². The van der Waals surface area contributed by atoms with E-state index in [9.17, 15) is 4.79 Å². The molecule has 6 nitrogen and oxygen atoms in total. The SMILES string of the molecule is CC(OC(=N)c1ccc(-c2ccoc2)cc1)c1ccc(CNCCC(=O)O)cc1. The molecule has 1 atom stereocenters. The number of nitrogens with one attached hydrogen (secondary N) is 2. The van der Waals surface area contributed by atoms with E-state index in [4.69, 9.17) is 19.7 Å². The van der Waals surface area contributed by atoms with Crippen LogP contribution in [0.15, 0.2) is 71.5 Å². The van der Waals surface area contributed by atoms with Gasteiger partial charge < -0.3 is 19.6 Å². The van der Waals surface area contributed by atoms with E-state index in [1.165, 1.54) is 0 Å². The van der Waals surface area contributed by atoms with Crippen molar-refractivity contribution in [2.45, 2.75) is 26.0 Å². The summed E-state index contributed by atoms with van der Waals surface area (Å²) in [5.74, 6) is -0.687. The Hall–Kier alpha value is -3.38. The van der Waals surface area contributed by atoms with Gasteiger partial charge >= 0.3 is 5.97 Å². The predicted octanol–water partition coefficient (Wildman–Crippen LogP) is 4.61. The number of hydrogen-bond donors (Lipinski definition) is 3. The highest BCUT2D eigenvalue weighted by molar-refractivity contribution is 5.92. The van der Waals surface area contributed by atoms with Gasteiger partial charge in [0.15, 0.2) is 0 Å². The number of carboxylic acid groups (broad SMARTS) is 1. The molecule has 0 radical (unpaired) electrons. The van der Waals surface area contributed by atoms with Crippen LogP contribution in [0.25, 0.3) is 11.1 Å². The van der Waals surface area contributed by atoms with Crippen molar-refractivity contribution in [2.24, 2.45) is 0 Å². The van der Waals surface area contributed by atoms with Gasteiger partial charge in [-0.15, -0.1) is 0 Å². The second-order valence-electron chi connectivity index (χ2n) is 6.74. The van der Waals surface area contributed by atoms with Crippen molar-refractivity contribution in [3.05, 3.63) is 83.8 Å². The molecule has 2 aromatic carbocycles. The van der Waals surface area contributed by atoms with Gasteiger partial charge in [0.1, 0.15) is 6.10 Å². The van der Waals surface area contributed by atoms with E-state index >= 15 is 0 Å². The number of aliphatic carboxylic acids is 1. The minimum absolute atomic E-state index is 0.105. The minimum Gasteiger partial charge on any atom is -0.481 e. The van der Waals surface area contributed by atoms with Crippen LogP contribution in [-0.4, -0.2) is 23.5 Å². The first-order chi connectivity index (χ1) is 14.0. The van der Waals surface area contributed by atoms with Crippen molar-refractivity contribution < 1.29 is 19.1 Å². The number of rotatable bonds is 9. The fraction of sp³-hybridized carbons (Fsp3) is 0.217. The zero-order valence-electron chi connectivity index (χ0n) is 16.2. The van der Waals surface area contributed by atoms with E-state index in [1.807, 2.05) is 61.5 Å². The lowest BCUT2D eigenvalue weighted by atomic mass is 10.1. The summed E-state index contributed by atoms with van der Waals surface area (Å²) in [6.45, 7) is 2.96. The van der Waals surface area contributed by atoms with Crippen LogP contribution in [0.3, 0.4) is 0 Å². The third kappa shape index (κ3) is 5.80. The molecule has 0 saturated heterocycles. The van der Waals surface area contributed by atoms with E-state index in [0.717, 1.165) is 22.3 Å². The molecule has 0 saturated carbocycles. The second kappa shape index (κ2) is 9.71. The van der Waals surface area contributed by atoms with E-state index in [1.54, 1.807) is 12.5 Å². The normalized spacial score (nSPS) is 11.8. The number of carbonyl (C=O) groups is 1. The molecule has 3 rings (SSSR count). The minimum atomic E-state index is -0.808. The Kier molecular flexibility index (Phi) is 6.81. The van der Waals surface area contributed by atoms with Gasteiger partial charge in [0.05, 0.1) is 18.9 Å². The second-order valence-corrected chi connectivity index (χ2v) is 6.74. The molecule has 0 amide bonds. The highest BCUT2D eigenvalue weighted by atomic mass is 16.5. The van der Waals surface area contributed by atoms with Crippen LogP contribution in [0.1, 0.15) is 36.1 Å². The van der Waals surface area contributed by atoms with Crippen LogP contribution >= 0.6 is 0 Å². The van der Waals surface area contributed by atoms with Crippen molar-refractivity contribution >= 4 is 11.9 Å². The Balaban J connectivity index is 1.53. The van der Waals surface area contributed by atoms with Gasteiger partial charge in [0.2, 0.25) is 5.90 Å². The molecular formula is C23H24N2O4. The summed E-state index contributed by atoms with van der Waals surface area (Å²) in [7, 11) is 0. The van der Waals surface area contributed by atoms with Gasteiger partial charge in [-0.25, -0.2) is 0 Å². The van der Waals surface area contributed by atoms with Crippen molar-refractivity contribution in [3.63, 3.8) is 0 Å². The average Bonchev–Trinajstić information content (AvgIpc) is 3.26. The number of furan rings is 1. The Morgan fingerprint density at radius 2 is 1.83 bits per heavy atom. The third-order valence-corrected chi connectivity index (χ3v) is 4.59. The van der Waals surface area contributed by atoms with E-state index in [0.29, 0.717) is 18.7 Å². The molecule has 1 heterocycles. The van der Waals surface area contributed by atoms with Crippen molar-refractivity contribution in [1.82, 2.24) is 5.32 Å². The predicted molar refractivity (Wildman–Crippen MR) is 111 cm³/mol. The average molecular weight is 392 g/mol. The first-order valence-corrected chi connectivity index (χ1v) is 9.42. The summed E-state index contributed by atoms with van der Waals surface area (Å²) in [5.41, 5.74) is 4.77. The molecule has 0 aliphatic carbocycles. The number of ether oxygens (including phenoxy) is 1. The Morgan fingerprint density at radius 3 is 2.45 bits per heavy atom. The maximum Gasteiger partial charge on any atom is 0.304 e. The third-order valence-electron chi connectivity index (χ3n) is 4.59. The number of carboxylic acids is 1. The molecule has 0 aliphatic heterocycles. The molecule has 6 heteroatoms. The quantitative estimate of drug-likeness (QED) is 0.281. The van der Waals surface area contributed by atoms with Crippen LogP contribution in [-0.2, 0) is 16.1 Å². The summed E-state index contributed by atoms with van der Waals surface area (Å²) in [6, 6.07) is 17.4. The lowest BCUT2D eigenvalue weighted by molar-refractivity contribution is -0.136. The van der Waals surface area contributed by atoms with Crippen LogP contribution in [0, 0.1) is 5.41 Å². The fourth-order valence-electron chi connectivity index (χ4n) is 2.89. The van der Waals surface area contributed by atoms with Crippen LogP contribution in [0.4, 0.5) is 0 Å². The zero-order chi connectivity index (χ0) is 20.6. The first-order valence-electron chi connectivity index (χ1n) is 9.42. The molecule has 0 fully saturated rings. The summed E-state index contributed by atoms with van der Waals surface area (Å²) >= 11 is 0. The molecule has 1 unspecified atom stereocenters. The Labute approximate surface area is 169 Å². The standard InChI is InChI=1S/C23H24N2O4/c1-16(18-4-2-17(3-5-18)14-25-12-10-22(26)27)29-23(24)20-8-6-19(7-9-20)21-11-13-28-15-21/h2-9,11,13,15-16,24-25H,10,12,14H2,1H3,(H,26,27). The van der Waals surface area contributed by atoms with E-state index in [-0.39, 0.29) is 18.4 Å². The fourth-order valence-corrected chi connectivity index (χ4v) is 2.89. The molecule has 3 aromatic rings. The smallest absolute Gasteiger partial charge is 0.304 e. The van der Waals surface area contributed by atoms with Crippen LogP contribution in [0.2, 0.25) is 0 Å². The molecule has 150 valence electrons. The maximum absolute atomic E-state index is 10.5. The first kappa shape index (κ1) is 20.4. The molecule has 29 heavy (non-hydrogen) atoms. The van der Waals surface area contributed by atoms with Gasteiger partial charge in [0, 0.05) is 24.2 Å². The Bertz CT molecular complexity index is 932. The lowest BCUT2D eigenvalue weighted by Gasteiger charge is -2.16. The molecule has 3 N–H and O–H groups in total.